The summed E-state index contributed by atoms with van der Waals surface area (Å²) < 4.78 is 0. The Hall–Kier alpha value is -2.80. The van der Waals surface area contributed by atoms with E-state index in [4.69, 9.17) is 17.2 Å². The van der Waals surface area contributed by atoms with Crippen LogP contribution < -0.4 is 22.5 Å². The van der Waals surface area contributed by atoms with E-state index in [9.17, 15) is 24.9 Å². The van der Waals surface area contributed by atoms with Crippen LogP contribution in [0.5, 0.6) is 0 Å². The number of nitrogens with two attached hydrogens (primary N) is 3. The summed E-state index contributed by atoms with van der Waals surface area (Å²) in [6, 6.07) is -1.63. The summed E-state index contributed by atoms with van der Waals surface area (Å²) in [4.78, 5) is 36.4. The van der Waals surface area contributed by atoms with Crippen LogP contribution in [0.1, 0.15) is 39.3 Å². The Balaban J connectivity index is 2.34. The molecule has 0 bridgehead atoms. The first-order valence-electron chi connectivity index (χ1n) is 10.8. The number of nitrogen functional groups attached to an aromatic ring is 1. The van der Waals surface area contributed by atoms with Crippen molar-refractivity contribution in [2.45, 2.75) is 50.9 Å². The van der Waals surface area contributed by atoms with Crippen molar-refractivity contribution >= 4 is 28.8 Å². The highest BCUT2D eigenvalue weighted by Crippen LogP contribution is 2.51. The third-order valence-electron chi connectivity index (χ3n) is 7.38. The number of nitrogens with one attached hydrogen (secondary N) is 2. The van der Waals surface area contributed by atoms with E-state index < -0.39 is 65.4 Å². The van der Waals surface area contributed by atoms with Crippen LogP contribution in [-0.4, -0.2) is 65.9 Å². The maximum atomic E-state index is 12.6. The molecule has 182 valence electrons. The van der Waals surface area contributed by atoms with Gasteiger partial charge in [-0.1, -0.05) is 27.7 Å². The first-order valence-corrected chi connectivity index (χ1v) is 10.8. The second kappa shape index (κ2) is 8.52. The Labute approximate surface area is 191 Å². The average molecular weight is 464 g/mol. The summed E-state index contributed by atoms with van der Waals surface area (Å²) in [7, 11) is 0. The number of nitrogens with zero attached hydrogens (tertiary/aromatic N) is 2. The number of aromatic amines is 1. The third-order valence-corrected chi connectivity index (χ3v) is 7.38. The quantitative estimate of drug-likeness (QED) is 0.252. The maximum absolute atomic E-state index is 12.6. The lowest BCUT2D eigenvalue weighted by Crippen LogP contribution is -2.69. The number of H-pyrrole nitrogens is 1. The molecule has 2 aromatic heterocycles. The van der Waals surface area contributed by atoms with Gasteiger partial charge < -0.3 is 42.8 Å². The monoisotopic (exact) mass is 463 g/mol. The van der Waals surface area contributed by atoms with E-state index in [2.05, 4.69) is 20.3 Å². The Morgan fingerprint density at radius 1 is 1.06 bits per heavy atom. The van der Waals surface area contributed by atoms with Crippen LogP contribution in [-0.2, 0) is 9.59 Å². The minimum Gasteiger partial charge on any atom is -0.480 e. The van der Waals surface area contributed by atoms with Crippen molar-refractivity contribution in [2.24, 2.45) is 35.1 Å². The number of carboxylic acid groups (broad SMARTS) is 2. The molecule has 33 heavy (non-hydrogen) atoms. The van der Waals surface area contributed by atoms with E-state index in [1.54, 1.807) is 33.9 Å². The zero-order chi connectivity index (χ0) is 24.9. The van der Waals surface area contributed by atoms with Gasteiger partial charge in [-0.05, 0) is 11.8 Å². The first kappa shape index (κ1) is 24.8. The van der Waals surface area contributed by atoms with E-state index in [1.165, 1.54) is 6.33 Å². The topological polar surface area (TPSA) is 226 Å². The molecule has 6 atom stereocenters. The van der Waals surface area contributed by atoms with Gasteiger partial charge in [0.1, 0.15) is 22.9 Å². The number of hydrogen-bond donors (Lipinski definition) is 8. The van der Waals surface area contributed by atoms with Crippen LogP contribution in [0, 0.1) is 23.7 Å². The molecule has 0 aliphatic carbocycles. The average Bonchev–Trinajstić information content (AvgIpc) is 3.34. The normalized spacial score (nSPS) is 27.1. The highest BCUT2D eigenvalue weighted by atomic mass is 16.4. The first-order chi connectivity index (χ1) is 15.3. The van der Waals surface area contributed by atoms with Crippen molar-refractivity contribution in [1.29, 1.82) is 0 Å². The summed E-state index contributed by atoms with van der Waals surface area (Å²) in [6.07, 6.45) is 2.90. The second-order valence-corrected chi connectivity index (χ2v) is 9.50. The second-order valence-electron chi connectivity index (χ2n) is 9.50. The molecule has 0 aromatic carbocycles. The van der Waals surface area contributed by atoms with Crippen molar-refractivity contribution in [3.8, 4) is 0 Å². The molecule has 0 radical (unpaired) electrons. The number of fused-ring (bicyclic) bond motifs is 1. The lowest BCUT2D eigenvalue weighted by atomic mass is 9.59. The number of hydrogen-bond acceptors (Lipinski definition) is 9. The number of carboxylic acids is 2. The molecular formula is C21H33N7O5. The fourth-order valence-corrected chi connectivity index (χ4v) is 5.31. The van der Waals surface area contributed by atoms with E-state index >= 15 is 0 Å². The number of aliphatic hydroxyl groups is 1. The molecule has 12 nitrogen and oxygen atoms in total. The van der Waals surface area contributed by atoms with Crippen molar-refractivity contribution in [3.63, 3.8) is 0 Å². The summed E-state index contributed by atoms with van der Waals surface area (Å²) in [5.41, 5.74) is 16.8. The minimum absolute atomic E-state index is 0.207. The largest absolute Gasteiger partial charge is 0.480 e. The molecule has 3 rings (SSSR count). The van der Waals surface area contributed by atoms with E-state index in [-0.39, 0.29) is 5.82 Å². The highest BCUT2D eigenvalue weighted by Gasteiger charge is 2.64. The molecule has 0 spiro atoms. The summed E-state index contributed by atoms with van der Waals surface area (Å²) in [5, 5.41) is 34.0. The van der Waals surface area contributed by atoms with Crippen LogP contribution in [0.2, 0.25) is 0 Å². The predicted molar refractivity (Wildman–Crippen MR) is 121 cm³/mol. The number of aromatic nitrogens is 3. The fourth-order valence-electron chi connectivity index (χ4n) is 5.31. The van der Waals surface area contributed by atoms with Gasteiger partial charge in [0, 0.05) is 35.7 Å². The van der Waals surface area contributed by atoms with Gasteiger partial charge >= 0.3 is 11.9 Å². The number of rotatable bonds is 8. The van der Waals surface area contributed by atoms with Crippen molar-refractivity contribution in [1.82, 2.24) is 20.3 Å². The zero-order valence-corrected chi connectivity index (χ0v) is 19.1. The smallest absolute Gasteiger partial charge is 0.324 e. The Morgan fingerprint density at radius 2 is 1.61 bits per heavy atom. The maximum Gasteiger partial charge on any atom is 0.324 e. The molecular weight excluding hydrogens is 430 g/mol. The Bertz CT molecular complexity index is 1060. The lowest BCUT2D eigenvalue weighted by Gasteiger charge is -2.47. The van der Waals surface area contributed by atoms with Crippen LogP contribution in [0.4, 0.5) is 5.82 Å². The molecule has 3 heterocycles. The van der Waals surface area contributed by atoms with Gasteiger partial charge in [0.25, 0.3) is 0 Å². The van der Waals surface area contributed by atoms with Crippen molar-refractivity contribution in [2.75, 3.05) is 12.3 Å². The van der Waals surface area contributed by atoms with Crippen molar-refractivity contribution < 1.29 is 24.9 Å². The SMILES string of the molecule is CC(C)[C@@](N)(C(=O)O)[C@@H]1[C@H]([C@](N)(C(=O)O)C(C)C)[C@@H](c2c[nH]c3c(N)ncnc23)N[C@H]1CO. The molecule has 1 fully saturated rings. The van der Waals surface area contributed by atoms with Gasteiger partial charge in [-0.15, -0.1) is 0 Å². The van der Waals surface area contributed by atoms with Gasteiger partial charge in [0.15, 0.2) is 5.82 Å². The van der Waals surface area contributed by atoms with Gasteiger partial charge in [-0.25, -0.2) is 9.97 Å². The number of carbonyl (C=O) groups is 2. The molecule has 0 amide bonds. The fraction of sp³-hybridized carbons (Fsp3) is 0.619. The van der Waals surface area contributed by atoms with Crippen LogP contribution >= 0.6 is 0 Å². The van der Waals surface area contributed by atoms with Crippen LogP contribution in [0.25, 0.3) is 11.0 Å². The zero-order valence-electron chi connectivity index (χ0n) is 19.1. The number of aliphatic hydroxyl groups excluding tert-OH is 1. The predicted octanol–water partition coefficient (Wildman–Crippen LogP) is -0.346. The van der Waals surface area contributed by atoms with E-state index in [1.807, 2.05) is 0 Å². The molecule has 1 saturated heterocycles. The molecule has 1 aliphatic heterocycles. The molecule has 2 aromatic rings. The molecule has 11 N–H and O–H groups in total. The summed E-state index contributed by atoms with van der Waals surface area (Å²) >= 11 is 0. The Kier molecular flexibility index (Phi) is 6.41. The summed E-state index contributed by atoms with van der Waals surface area (Å²) in [6.45, 7) is 6.17. The molecule has 1 aliphatic rings. The molecule has 12 heteroatoms. The third kappa shape index (κ3) is 3.53. The number of anilines is 1. The molecule has 0 saturated carbocycles. The van der Waals surface area contributed by atoms with Gasteiger partial charge in [-0.2, -0.15) is 0 Å². The standard InChI is InChI=1S/C21H33N7O5/c1-8(2)20(23,18(30)31)12-11(6-29)28-14(13(12)21(24,9(3)4)19(32)33)10-5-25-16-15(10)26-7-27-17(16)22/h5,7-9,11-14,25,28-29H,6,23-24H2,1-4H3,(H,30,31)(H,32,33)(H2,22,26,27)/t11-,12-,13-,14+,20-,21-/m0/s1. The van der Waals surface area contributed by atoms with E-state index in [0.29, 0.717) is 16.6 Å². The number of aliphatic carboxylic acids is 2. The highest BCUT2D eigenvalue weighted by molar-refractivity contribution is 5.88. The molecule has 0 unspecified atom stereocenters. The van der Waals surface area contributed by atoms with Crippen LogP contribution in [0.15, 0.2) is 12.5 Å². The minimum atomic E-state index is -1.89. The van der Waals surface area contributed by atoms with Gasteiger partial charge in [0.2, 0.25) is 0 Å². The van der Waals surface area contributed by atoms with Gasteiger partial charge in [-0.3, -0.25) is 9.59 Å². The summed E-state index contributed by atoms with van der Waals surface area (Å²) in [5.74, 6) is -5.62. The Morgan fingerprint density at radius 3 is 2.09 bits per heavy atom. The lowest BCUT2D eigenvalue weighted by molar-refractivity contribution is -0.156. The van der Waals surface area contributed by atoms with Gasteiger partial charge in [0.05, 0.1) is 12.1 Å². The van der Waals surface area contributed by atoms with E-state index in [0.717, 1.165) is 0 Å². The van der Waals surface area contributed by atoms with Crippen molar-refractivity contribution in [3.05, 3.63) is 18.1 Å². The van der Waals surface area contributed by atoms with Crippen LogP contribution in [0.3, 0.4) is 0 Å².